The van der Waals surface area contributed by atoms with E-state index in [1.807, 2.05) is 49.4 Å². The van der Waals surface area contributed by atoms with Gasteiger partial charge in [0.25, 0.3) is 5.91 Å². The van der Waals surface area contributed by atoms with Gasteiger partial charge in [-0.05, 0) is 56.0 Å². The Kier molecular flexibility index (Phi) is 8.11. The van der Waals surface area contributed by atoms with Gasteiger partial charge in [-0.1, -0.05) is 60.5 Å². The summed E-state index contributed by atoms with van der Waals surface area (Å²) in [6.07, 6.45) is -3.81. The lowest BCUT2D eigenvalue weighted by molar-refractivity contribution is -0.138. The van der Waals surface area contributed by atoms with Gasteiger partial charge in [0.2, 0.25) is 5.88 Å². The van der Waals surface area contributed by atoms with Gasteiger partial charge in [0, 0.05) is 29.7 Å². The van der Waals surface area contributed by atoms with E-state index in [2.05, 4.69) is 23.3 Å². The van der Waals surface area contributed by atoms with E-state index in [0.29, 0.717) is 17.8 Å². The SMILES string of the molecule is Cc1cccc(C(CNC(=O)C(C)(C)Oc2ccc(C(F)(F)F)cn2)C(C)c2ccc(Cl)cc2)c1. The third-order valence-electron chi connectivity index (χ3n) is 5.92. The van der Waals surface area contributed by atoms with E-state index in [9.17, 15) is 18.0 Å². The van der Waals surface area contributed by atoms with Crippen molar-refractivity contribution in [2.24, 2.45) is 0 Å². The van der Waals surface area contributed by atoms with Crippen LogP contribution >= 0.6 is 11.6 Å². The zero-order valence-electron chi connectivity index (χ0n) is 20.0. The molecular formula is C27H28ClF3N2O2. The summed E-state index contributed by atoms with van der Waals surface area (Å²) in [5.74, 6) is -0.446. The van der Waals surface area contributed by atoms with Crippen molar-refractivity contribution in [3.05, 3.63) is 94.1 Å². The monoisotopic (exact) mass is 504 g/mol. The predicted octanol–water partition coefficient (Wildman–Crippen LogP) is 6.92. The van der Waals surface area contributed by atoms with Crippen LogP contribution in [0, 0.1) is 6.92 Å². The van der Waals surface area contributed by atoms with Crippen molar-refractivity contribution in [1.29, 1.82) is 0 Å². The largest absolute Gasteiger partial charge is 0.462 e. The van der Waals surface area contributed by atoms with E-state index < -0.39 is 23.2 Å². The molecule has 1 aromatic heterocycles. The zero-order valence-corrected chi connectivity index (χ0v) is 20.7. The van der Waals surface area contributed by atoms with Gasteiger partial charge in [-0.2, -0.15) is 13.2 Å². The van der Waals surface area contributed by atoms with Crippen LogP contribution in [0.2, 0.25) is 5.02 Å². The molecule has 3 rings (SSSR count). The maximum atomic E-state index is 13.0. The highest BCUT2D eigenvalue weighted by Gasteiger charge is 2.34. The Morgan fingerprint density at radius 3 is 2.31 bits per heavy atom. The maximum Gasteiger partial charge on any atom is 0.417 e. The summed E-state index contributed by atoms with van der Waals surface area (Å²) in [5, 5.41) is 3.61. The highest BCUT2D eigenvalue weighted by Crippen LogP contribution is 2.34. The number of aromatic nitrogens is 1. The normalized spacial score (nSPS) is 13.7. The van der Waals surface area contributed by atoms with Crippen LogP contribution in [-0.4, -0.2) is 23.0 Å². The van der Waals surface area contributed by atoms with E-state index in [1.54, 1.807) is 13.8 Å². The van der Waals surface area contributed by atoms with Crippen molar-refractivity contribution in [2.75, 3.05) is 6.54 Å². The second-order valence-electron chi connectivity index (χ2n) is 9.07. The maximum absolute atomic E-state index is 13.0. The average Bonchev–Trinajstić information content (AvgIpc) is 2.79. The molecule has 0 aliphatic carbocycles. The van der Waals surface area contributed by atoms with Gasteiger partial charge in [-0.25, -0.2) is 4.98 Å². The number of nitrogens with zero attached hydrogens (tertiary/aromatic N) is 1. The van der Waals surface area contributed by atoms with Crippen LogP contribution in [0.4, 0.5) is 13.2 Å². The molecule has 0 fully saturated rings. The van der Waals surface area contributed by atoms with E-state index in [-0.39, 0.29) is 17.7 Å². The average molecular weight is 505 g/mol. The van der Waals surface area contributed by atoms with Crippen LogP contribution in [0.3, 0.4) is 0 Å². The fourth-order valence-corrected chi connectivity index (χ4v) is 3.94. The fraction of sp³-hybridized carbons (Fsp3) is 0.333. The number of hydrogen-bond acceptors (Lipinski definition) is 3. The van der Waals surface area contributed by atoms with Crippen LogP contribution < -0.4 is 10.1 Å². The number of amides is 1. The van der Waals surface area contributed by atoms with Gasteiger partial charge < -0.3 is 10.1 Å². The van der Waals surface area contributed by atoms with Gasteiger partial charge in [-0.15, -0.1) is 0 Å². The lowest BCUT2D eigenvalue weighted by Crippen LogP contribution is -2.48. The molecule has 2 unspecified atom stereocenters. The van der Waals surface area contributed by atoms with E-state index >= 15 is 0 Å². The van der Waals surface area contributed by atoms with Gasteiger partial charge in [0.15, 0.2) is 5.60 Å². The van der Waals surface area contributed by atoms with Gasteiger partial charge in [0.1, 0.15) is 0 Å². The molecule has 8 heteroatoms. The number of benzene rings is 2. The standard InChI is InChI=1S/C27H28ClF3N2O2/c1-17-6-5-7-20(14-17)23(18(2)19-8-11-22(28)12-9-19)16-33-25(34)26(3,4)35-24-13-10-21(15-32-24)27(29,30)31/h5-15,18,23H,16H2,1-4H3,(H,33,34). The van der Waals surface area contributed by atoms with Gasteiger partial charge in [0.05, 0.1) is 5.56 Å². The molecule has 3 aromatic rings. The Morgan fingerprint density at radius 1 is 1.06 bits per heavy atom. The molecule has 1 heterocycles. The van der Waals surface area contributed by atoms with Crippen molar-refractivity contribution < 1.29 is 22.7 Å². The molecule has 1 N–H and O–H groups in total. The lowest BCUT2D eigenvalue weighted by atomic mass is 9.82. The highest BCUT2D eigenvalue weighted by molar-refractivity contribution is 6.30. The minimum absolute atomic E-state index is 0.0416. The zero-order chi connectivity index (χ0) is 25.8. The first kappa shape index (κ1) is 26.5. The fourth-order valence-electron chi connectivity index (χ4n) is 3.81. The molecule has 0 aliphatic heterocycles. The number of carbonyl (C=O) groups is 1. The molecule has 4 nitrogen and oxygen atoms in total. The van der Waals surface area contributed by atoms with Crippen LogP contribution in [-0.2, 0) is 11.0 Å². The Bertz CT molecular complexity index is 1150. The number of carbonyl (C=O) groups excluding carboxylic acids is 1. The lowest BCUT2D eigenvalue weighted by Gasteiger charge is -2.29. The number of hydrogen-bond donors (Lipinski definition) is 1. The van der Waals surface area contributed by atoms with Crippen molar-refractivity contribution in [3.8, 4) is 5.88 Å². The van der Waals surface area contributed by atoms with Crippen molar-refractivity contribution in [1.82, 2.24) is 10.3 Å². The Morgan fingerprint density at radius 2 is 1.74 bits per heavy atom. The summed E-state index contributed by atoms with van der Waals surface area (Å²) < 4.78 is 44.0. The van der Waals surface area contributed by atoms with Gasteiger partial charge >= 0.3 is 6.18 Å². The van der Waals surface area contributed by atoms with Gasteiger partial charge in [-0.3, -0.25) is 4.79 Å². The molecule has 0 spiro atoms. The summed E-state index contributed by atoms with van der Waals surface area (Å²) in [6.45, 7) is 7.54. The molecule has 0 bridgehead atoms. The van der Waals surface area contributed by atoms with E-state index in [4.69, 9.17) is 16.3 Å². The number of alkyl halides is 3. The molecule has 2 atom stereocenters. The van der Waals surface area contributed by atoms with E-state index in [0.717, 1.165) is 28.8 Å². The predicted molar refractivity (Wildman–Crippen MR) is 131 cm³/mol. The summed E-state index contributed by atoms with van der Waals surface area (Å²) in [4.78, 5) is 16.7. The first-order valence-electron chi connectivity index (χ1n) is 11.2. The van der Waals surface area contributed by atoms with Crippen molar-refractivity contribution >= 4 is 17.5 Å². The molecular weight excluding hydrogens is 477 g/mol. The summed E-state index contributed by atoms with van der Waals surface area (Å²) in [6, 6.07) is 17.7. The molecule has 0 aliphatic rings. The Balaban J connectivity index is 1.75. The number of rotatable bonds is 8. The first-order valence-corrected chi connectivity index (χ1v) is 11.6. The topological polar surface area (TPSA) is 51.2 Å². The minimum Gasteiger partial charge on any atom is -0.462 e. The number of nitrogens with one attached hydrogen (secondary N) is 1. The van der Waals surface area contributed by atoms with Crippen LogP contribution in [0.15, 0.2) is 66.9 Å². The first-order chi connectivity index (χ1) is 16.4. The summed E-state index contributed by atoms with van der Waals surface area (Å²) >= 11 is 6.05. The smallest absolute Gasteiger partial charge is 0.417 e. The third kappa shape index (κ3) is 6.98. The highest BCUT2D eigenvalue weighted by atomic mass is 35.5. The Hall–Kier alpha value is -3.06. The summed E-state index contributed by atoms with van der Waals surface area (Å²) in [7, 11) is 0. The number of ether oxygens (including phenoxy) is 1. The minimum atomic E-state index is -4.50. The van der Waals surface area contributed by atoms with Crippen LogP contribution in [0.5, 0.6) is 5.88 Å². The van der Waals surface area contributed by atoms with E-state index in [1.165, 1.54) is 0 Å². The molecule has 1 amide bonds. The molecule has 0 saturated carbocycles. The van der Waals surface area contributed by atoms with Crippen molar-refractivity contribution in [3.63, 3.8) is 0 Å². The molecule has 2 aromatic carbocycles. The second kappa shape index (κ2) is 10.7. The molecule has 35 heavy (non-hydrogen) atoms. The number of pyridine rings is 1. The molecule has 186 valence electrons. The molecule has 0 saturated heterocycles. The van der Waals surface area contributed by atoms with Crippen LogP contribution in [0.1, 0.15) is 54.9 Å². The summed E-state index contributed by atoms with van der Waals surface area (Å²) in [5.41, 5.74) is 1.03. The number of halogens is 4. The second-order valence-corrected chi connectivity index (χ2v) is 9.50. The quantitative estimate of drug-likeness (QED) is 0.362. The third-order valence-corrected chi connectivity index (χ3v) is 6.17. The van der Waals surface area contributed by atoms with Crippen LogP contribution in [0.25, 0.3) is 0 Å². The molecule has 0 radical (unpaired) electrons. The number of aryl methyl sites for hydroxylation is 1. The Labute approximate surface area is 208 Å². The van der Waals surface area contributed by atoms with Crippen molar-refractivity contribution in [2.45, 2.75) is 51.3 Å².